The molecule has 1 aliphatic rings. The molecule has 0 spiro atoms. The Hall–Kier alpha value is -0.520. The monoisotopic (exact) mass is 540 g/mol. The maximum atomic E-state index is 12.7. The number of rotatable bonds is 9. The van der Waals surface area contributed by atoms with Gasteiger partial charge in [0.05, 0.1) is 4.90 Å². The van der Waals surface area contributed by atoms with Crippen LogP contribution in [0.2, 0.25) is 0 Å². The van der Waals surface area contributed by atoms with Crippen molar-refractivity contribution in [3.63, 3.8) is 0 Å². The maximum absolute atomic E-state index is 12.7. The molecule has 1 aliphatic heterocycles. The fourth-order valence-corrected chi connectivity index (χ4v) is 5.03. The average molecular weight is 541 g/mol. The number of benzene rings is 1. The minimum absolute atomic E-state index is 0. The molecule has 1 aromatic rings. The van der Waals surface area contributed by atoms with Crippen LogP contribution in [0.4, 0.5) is 0 Å². The highest BCUT2D eigenvalue weighted by Crippen LogP contribution is 2.20. The van der Waals surface area contributed by atoms with Crippen molar-refractivity contribution in [1.29, 1.82) is 0 Å². The Morgan fingerprint density at radius 1 is 1.11 bits per heavy atom. The summed E-state index contributed by atoms with van der Waals surface area (Å²) in [6.45, 7) is 2.76. The Kier molecular flexibility index (Phi) is 12.4. The molecule has 2 N–H and O–H groups in total. The number of hydrogen-bond acceptors (Lipinski definition) is 4. The van der Waals surface area contributed by atoms with Gasteiger partial charge in [0.2, 0.25) is 10.0 Å². The summed E-state index contributed by atoms with van der Waals surface area (Å²) < 4.78 is 27.0. The number of aliphatic imine (C=N–C) groups is 1. The highest BCUT2D eigenvalue weighted by molar-refractivity contribution is 14.0. The third-order valence-corrected chi connectivity index (χ3v) is 7.24. The van der Waals surface area contributed by atoms with Crippen molar-refractivity contribution in [2.45, 2.75) is 43.5 Å². The van der Waals surface area contributed by atoms with E-state index >= 15 is 0 Å². The van der Waals surface area contributed by atoms with E-state index < -0.39 is 10.0 Å². The van der Waals surface area contributed by atoms with Gasteiger partial charge in [0.1, 0.15) is 0 Å². The first kappa shape index (κ1) is 25.5. The second-order valence-electron chi connectivity index (χ2n) is 6.66. The fraction of sp³-hybridized carbons (Fsp3) is 0.632. The van der Waals surface area contributed by atoms with Crippen LogP contribution >= 0.6 is 35.7 Å². The predicted octanol–water partition coefficient (Wildman–Crippen LogP) is 3.29. The molecule has 0 unspecified atom stereocenters. The summed E-state index contributed by atoms with van der Waals surface area (Å²) in [5.74, 6) is 1.95. The molecule has 0 aromatic heterocycles. The molecular weight excluding hydrogens is 507 g/mol. The van der Waals surface area contributed by atoms with Crippen LogP contribution in [0.25, 0.3) is 0 Å². The molecule has 1 aromatic carbocycles. The minimum Gasteiger partial charge on any atom is -0.356 e. The summed E-state index contributed by atoms with van der Waals surface area (Å²) in [5, 5.41) is 6.58. The first-order valence-corrected chi connectivity index (χ1v) is 12.4. The van der Waals surface area contributed by atoms with Crippen molar-refractivity contribution in [1.82, 2.24) is 14.9 Å². The predicted molar refractivity (Wildman–Crippen MR) is 130 cm³/mol. The summed E-state index contributed by atoms with van der Waals surface area (Å²) in [4.78, 5) is 4.60. The van der Waals surface area contributed by atoms with Gasteiger partial charge in [0.15, 0.2) is 5.96 Å². The smallest absolute Gasteiger partial charge is 0.243 e. The molecule has 0 saturated carbocycles. The van der Waals surface area contributed by atoms with Crippen LogP contribution in [0.5, 0.6) is 0 Å². The number of halogens is 1. The number of guanidine groups is 1. The molecule has 9 heteroatoms. The number of hydrogen-bond donors (Lipinski definition) is 2. The lowest BCUT2D eigenvalue weighted by Crippen LogP contribution is -2.37. The summed E-state index contributed by atoms with van der Waals surface area (Å²) in [6.07, 6.45) is 7.44. The average Bonchev–Trinajstić information content (AvgIpc) is 2.71. The lowest BCUT2D eigenvalue weighted by Gasteiger charge is -2.25. The van der Waals surface area contributed by atoms with Gasteiger partial charge in [0, 0.05) is 33.2 Å². The van der Waals surface area contributed by atoms with Gasteiger partial charge in [-0.2, -0.15) is 16.1 Å². The van der Waals surface area contributed by atoms with E-state index in [4.69, 9.17) is 0 Å². The largest absolute Gasteiger partial charge is 0.356 e. The first-order chi connectivity index (χ1) is 13.1. The SMILES string of the molecule is CN=C(NCCCCSC)NCc1ccc(S(=O)(=O)N2CCCCC2)cc1.I. The Labute approximate surface area is 191 Å². The molecule has 0 aliphatic carbocycles. The number of sulfonamides is 1. The number of nitrogens with one attached hydrogen (secondary N) is 2. The molecule has 160 valence electrons. The molecule has 1 fully saturated rings. The number of thioether (sulfide) groups is 1. The molecule has 0 amide bonds. The van der Waals surface area contributed by atoms with Crippen LogP contribution in [-0.2, 0) is 16.6 Å². The van der Waals surface area contributed by atoms with Gasteiger partial charge >= 0.3 is 0 Å². The Bertz CT molecular complexity index is 690. The number of piperidine rings is 1. The third-order valence-electron chi connectivity index (χ3n) is 4.63. The molecule has 2 rings (SSSR count). The third kappa shape index (κ3) is 8.08. The van der Waals surface area contributed by atoms with Crippen molar-refractivity contribution in [2.24, 2.45) is 4.99 Å². The van der Waals surface area contributed by atoms with Crippen molar-refractivity contribution in [3.05, 3.63) is 29.8 Å². The second-order valence-corrected chi connectivity index (χ2v) is 9.58. The van der Waals surface area contributed by atoms with Crippen molar-refractivity contribution < 1.29 is 8.42 Å². The topological polar surface area (TPSA) is 73.8 Å². The molecule has 0 radical (unpaired) electrons. The second kappa shape index (κ2) is 13.7. The zero-order chi connectivity index (χ0) is 19.5. The standard InChI is InChI=1S/C19H32N4O2S2.HI/c1-20-19(21-12-4-7-15-26-2)22-16-17-8-10-18(11-9-17)27(24,25)23-13-5-3-6-14-23;/h8-11H,3-7,12-16H2,1-2H3,(H2,20,21,22);1H. The normalized spacial score (nSPS) is 15.7. The van der Waals surface area contributed by atoms with Gasteiger partial charge in [-0.1, -0.05) is 18.6 Å². The highest BCUT2D eigenvalue weighted by Gasteiger charge is 2.25. The lowest BCUT2D eigenvalue weighted by molar-refractivity contribution is 0.346. The van der Waals surface area contributed by atoms with Crippen molar-refractivity contribution in [3.8, 4) is 0 Å². The molecule has 6 nitrogen and oxygen atoms in total. The van der Waals surface area contributed by atoms with E-state index in [1.165, 1.54) is 12.2 Å². The van der Waals surface area contributed by atoms with Crippen LogP contribution in [-0.4, -0.2) is 57.4 Å². The Morgan fingerprint density at radius 2 is 1.79 bits per heavy atom. The molecule has 1 saturated heterocycles. The van der Waals surface area contributed by atoms with E-state index in [1.54, 1.807) is 23.5 Å². The summed E-state index contributed by atoms with van der Waals surface area (Å²) in [5.41, 5.74) is 1.03. The van der Waals surface area contributed by atoms with E-state index in [2.05, 4.69) is 21.9 Å². The Morgan fingerprint density at radius 3 is 2.39 bits per heavy atom. The molecule has 0 bridgehead atoms. The van der Waals surface area contributed by atoms with Crippen LogP contribution in [0.1, 0.15) is 37.7 Å². The summed E-state index contributed by atoms with van der Waals surface area (Å²) in [6, 6.07) is 7.16. The molecular formula is C19H33IN4O2S2. The van der Waals surface area contributed by atoms with E-state index in [-0.39, 0.29) is 24.0 Å². The lowest BCUT2D eigenvalue weighted by atomic mass is 10.2. The van der Waals surface area contributed by atoms with Crippen LogP contribution in [0, 0.1) is 0 Å². The zero-order valence-corrected chi connectivity index (χ0v) is 20.8. The van der Waals surface area contributed by atoms with Gasteiger partial charge in [-0.15, -0.1) is 24.0 Å². The van der Waals surface area contributed by atoms with Gasteiger partial charge in [-0.05, 0) is 55.4 Å². The van der Waals surface area contributed by atoms with Crippen LogP contribution in [0.3, 0.4) is 0 Å². The van der Waals surface area contributed by atoms with E-state index in [9.17, 15) is 8.42 Å². The molecule has 1 heterocycles. The maximum Gasteiger partial charge on any atom is 0.243 e. The van der Waals surface area contributed by atoms with Crippen molar-refractivity contribution >= 4 is 51.7 Å². The van der Waals surface area contributed by atoms with E-state index in [0.717, 1.165) is 43.8 Å². The van der Waals surface area contributed by atoms with Gasteiger partial charge < -0.3 is 10.6 Å². The quantitative estimate of drug-likeness (QED) is 0.218. The number of unbranched alkanes of at least 4 members (excludes halogenated alkanes) is 1. The first-order valence-electron chi connectivity index (χ1n) is 9.60. The van der Waals surface area contributed by atoms with Gasteiger partial charge in [-0.3, -0.25) is 4.99 Å². The minimum atomic E-state index is -3.36. The highest BCUT2D eigenvalue weighted by atomic mass is 127. The van der Waals surface area contributed by atoms with Gasteiger partial charge in [-0.25, -0.2) is 8.42 Å². The molecule has 0 atom stereocenters. The van der Waals surface area contributed by atoms with Crippen LogP contribution < -0.4 is 10.6 Å². The van der Waals surface area contributed by atoms with Crippen molar-refractivity contribution in [2.75, 3.05) is 38.7 Å². The zero-order valence-electron chi connectivity index (χ0n) is 16.8. The number of nitrogens with zero attached hydrogens (tertiary/aromatic N) is 2. The van der Waals surface area contributed by atoms with E-state index in [1.807, 2.05) is 23.9 Å². The summed E-state index contributed by atoms with van der Waals surface area (Å²) >= 11 is 1.87. The Balaban J connectivity index is 0.00000392. The van der Waals surface area contributed by atoms with Gasteiger partial charge in [0.25, 0.3) is 0 Å². The van der Waals surface area contributed by atoms with Crippen LogP contribution in [0.15, 0.2) is 34.2 Å². The fourth-order valence-electron chi connectivity index (χ4n) is 3.02. The summed E-state index contributed by atoms with van der Waals surface area (Å²) in [7, 11) is -1.60. The molecule has 28 heavy (non-hydrogen) atoms. The van der Waals surface area contributed by atoms with E-state index in [0.29, 0.717) is 24.5 Å².